The number of carbonyl (C=O) groups excluding carboxylic acids is 2. The van der Waals surface area contributed by atoms with E-state index < -0.39 is 28.3 Å². The molecule has 4 aromatic rings. The molecule has 13 nitrogen and oxygen atoms in total. The Morgan fingerprint density at radius 1 is 1.23 bits per heavy atom. The molecule has 0 spiro atoms. The lowest BCUT2D eigenvalue weighted by atomic mass is 9.96. The average molecular weight is 551 g/mol. The number of aromatic amines is 1. The number of anilines is 2. The maximum atomic E-state index is 12.8. The van der Waals surface area contributed by atoms with Crippen molar-refractivity contribution in [2.24, 2.45) is 5.18 Å². The van der Waals surface area contributed by atoms with Gasteiger partial charge in [-0.3, -0.25) is 24.0 Å². The molecule has 0 fully saturated rings. The van der Waals surface area contributed by atoms with Gasteiger partial charge in [-0.05, 0) is 35.2 Å². The van der Waals surface area contributed by atoms with Gasteiger partial charge in [0.05, 0.1) is 18.4 Å². The van der Waals surface area contributed by atoms with E-state index in [2.05, 4.69) is 20.5 Å². The maximum absolute atomic E-state index is 12.8. The van der Waals surface area contributed by atoms with Crippen LogP contribution in [0.3, 0.4) is 0 Å². The molecule has 2 aromatic carbocycles. The predicted octanol–water partition coefficient (Wildman–Crippen LogP) is 1.16. The molecule has 5 rings (SSSR count). The van der Waals surface area contributed by atoms with Gasteiger partial charge in [0, 0.05) is 25.2 Å². The van der Waals surface area contributed by atoms with Crippen molar-refractivity contribution in [2.45, 2.75) is 32.9 Å². The molecule has 14 heteroatoms. The number of hydrogen-bond donors (Lipinski definition) is 3. The fourth-order valence-corrected chi connectivity index (χ4v) is 5.62. The molecule has 4 N–H and O–H groups in total. The van der Waals surface area contributed by atoms with E-state index >= 15 is 0 Å². The maximum Gasteiger partial charge on any atom is 0.310 e. The third kappa shape index (κ3) is 4.69. The lowest BCUT2D eigenvalue weighted by Crippen LogP contribution is -2.44. The van der Waals surface area contributed by atoms with Crippen molar-refractivity contribution in [1.82, 2.24) is 15.3 Å². The second-order valence-electron chi connectivity index (χ2n) is 8.93. The fourth-order valence-electron chi connectivity index (χ4n) is 4.64. The number of H-pyrrole nitrogens is 1. The van der Waals surface area contributed by atoms with E-state index in [9.17, 15) is 28.9 Å². The summed E-state index contributed by atoms with van der Waals surface area (Å²) >= 11 is 0.809. The van der Waals surface area contributed by atoms with E-state index in [0.29, 0.717) is 19.5 Å². The summed E-state index contributed by atoms with van der Waals surface area (Å²) < 4.78 is 4.90. The quantitative estimate of drug-likeness (QED) is 0.163. The number of benzene rings is 1. The molecule has 39 heavy (non-hydrogen) atoms. The van der Waals surface area contributed by atoms with E-state index in [1.807, 2.05) is 18.2 Å². The van der Waals surface area contributed by atoms with Gasteiger partial charge in [0.1, 0.15) is 16.2 Å². The third-order valence-electron chi connectivity index (χ3n) is 6.54. The number of hydrogen-bond acceptors (Lipinski definition) is 12. The molecule has 0 aliphatic carbocycles. The Bertz CT molecular complexity index is 1780. The molecule has 1 aliphatic heterocycles. The van der Waals surface area contributed by atoms with Gasteiger partial charge >= 0.3 is 5.97 Å². The number of rotatable bonds is 8. The highest BCUT2D eigenvalue weighted by Gasteiger charge is 2.27. The van der Waals surface area contributed by atoms with Crippen LogP contribution >= 0.6 is 11.3 Å². The zero-order valence-corrected chi connectivity index (χ0v) is 21.5. The summed E-state index contributed by atoms with van der Waals surface area (Å²) in [5.41, 5.74) is 6.95. The van der Waals surface area contributed by atoms with Crippen LogP contribution in [0.25, 0.3) is 10.2 Å². The van der Waals surface area contributed by atoms with Crippen LogP contribution in [0.2, 0.25) is 0 Å². The van der Waals surface area contributed by atoms with Crippen molar-refractivity contribution in [3.05, 3.63) is 82.0 Å². The highest BCUT2D eigenvalue weighted by Crippen LogP contribution is 2.35. The number of nitrogens with two attached hydrogens (primary N) is 1. The van der Waals surface area contributed by atoms with E-state index in [4.69, 9.17) is 10.5 Å². The van der Waals surface area contributed by atoms with Crippen molar-refractivity contribution in [3.8, 4) is 0 Å². The first-order valence-electron chi connectivity index (χ1n) is 12.0. The standard InChI is InChI=1S/C25H22N6O7S/c1-2-38-15(32)8-14-16-22(35)28-21(29-25(16)39-24(14)30-37)23(36)27-9-11-3-4-12-5-6-31(10-13(12)7-11)18-17(26)19(33)20(18)34/h3-4,7H,2,5-6,8-10,26H2,1H3,(H,27,36)(H,28,29,35). The van der Waals surface area contributed by atoms with Crippen LogP contribution < -0.4 is 32.4 Å². The Kier molecular flexibility index (Phi) is 6.78. The van der Waals surface area contributed by atoms with Gasteiger partial charge in [-0.2, -0.15) is 0 Å². The first-order chi connectivity index (χ1) is 18.7. The van der Waals surface area contributed by atoms with Crippen LogP contribution in [0.4, 0.5) is 16.4 Å². The minimum absolute atomic E-state index is 0.0138. The fraction of sp³-hybridized carbons (Fsp3) is 0.280. The Balaban J connectivity index is 1.32. The SMILES string of the molecule is CCOC(=O)Cc1c(N=O)sc2nc(C(=O)NCc3ccc4c(c3)CN(c3c(N)c(=O)c3=O)CC4)[nH]c(=O)c12. The summed E-state index contributed by atoms with van der Waals surface area (Å²) in [5.74, 6) is -1.52. The van der Waals surface area contributed by atoms with Crippen LogP contribution in [0.1, 0.15) is 39.8 Å². The molecule has 0 unspecified atom stereocenters. The number of nitrogens with one attached hydrogen (secondary N) is 2. The van der Waals surface area contributed by atoms with Crippen LogP contribution in [0.15, 0.2) is 37.8 Å². The van der Waals surface area contributed by atoms with E-state index in [1.54, 1.807) is 11.8 Å². The average Bonchev–Trinajstić information content (AvgIpc) is 3.29. The third-order valence-corrected chi connectivity index (χ3v) is 7.54. The van der Waals surface area contributed by atoms with Crippen LogP contribution in [-0.4, -0.2) is 35.0 Å². The number of thiophene rings is 1. The Morgan fingerprint density at radius 3 is 2.74 bits per heavy atom. The Labute approximate surface area is 223 Å². The summed E-state index contributed by atoms with van der Waals surface area (Å²) in [6.45, 7) is 2.85. The normalized spacial score (nSPS) is 12.9. The molecule has 1 amide bonds. The number of fused-ring (bicyclic) bond motifs is 2. The van der Waals surface area contributed by atoms with Crippen molar-refractivity contribution in [3.63, 3.8) is 0 Å². The van der Waals surface area contributed by atoms with Crippen molar-refractivity contribution in [1.29, 1.82) is 0 Å². The van der Waals surface area contributed by atoms with Crippen molar-refractivity contribution in [2.75, 3.05) is 23.8 Å². The number of amides is 1. The number of carbonyl (C=O) groups is 2. The minimum atomic E-state index is -0.679. The number of aromatic nitrogens is 2. The van der Waals surface area contributed by atoms with Gasteiger partial charge in [0.2, 0.25) is 5.82 Å². The minimum Gasteiger partial charge on any atom is -0.466 e. The molecule has 1 aliphatic rings. The molecule has 0 atom stereocenters. The zero-order chi connectivity index (χ0) is 27.8. The lowest BCUT2D eigenvalue weighted by molar-refractivity contribution is -0.142. The number of nitrogen functional groups attached to an aromatic ring is 1. The summed E-state index contributed by atoms with van der Waals surface area (Å²) in [4.78, 5) is 80.8. The topological polar surface area (TPSA) is 194 Å². The highest BCUT2D eigenvalue weighted by atomic mass is 32.1. The Hall–Kier alpha value is -4.72. The number of nitroso groups, excluding NO2 is 1. The van der Waals surface area contributed by atoms with Crippen LogP contribution in [0, 0.1) is 4.91 Å². The zero-order valence-electron chi connectivity index (χ0n) is 20.7. The molecular formula is C25H22N6O7S. The number of esters is 1. The molecule has 3 heterocycles. The predicted molar refractivity (Wildman–Crippen MR) is 144 cm³/mol. The first kappa shape index (κ1) is 25.9. The van der Waals surface area contributed by atoms with Gasteiger partial charge in [-0.1, -0.05) is 29.5 Å². The number of nitrogens with zero attached hydrogens (tertiary/aromatic N) is 3. The molecule has 0 saturated heterocycles. The van der Waals surface area contributed by atoms with Crippen LogP contribution in [0.5, 0.6) is 0 Å². The molecule has 0 bridgehead atoms. The van der Waals surface area contributed by atoms with E-state index in [1.165, 1.54) is 0 Å². The first-order valence-corrected chi connectivity index (χ1v) is 12.8. The summed E-state index contributed by atoms with van der Waals surface area (Å²) in [6.07, 6.45) is 0.345. The molecule has 0 radical (unpaired) electrons. The van der Waals surface area contributed by atoms with Gasteiger partial charge in [0.25, 0.3) is 22.3 Å². The van der Waals surface area contributed by atoms with E-state index in [0.717, 1.165) is 28.0 Å². The largest absolute Gasteiger partial charge is 0.466 e. The van der Waals surface area contributed by atoms with Gasteiger partial charge < -0.3 is 25.7 Å². The molecule has 200 valence electrons. The highest BCUT2D eigenvalue weighted by molar-refractivity contribution is 7.22. The molecular weight excluding hydrogens is 528 g/mol. The summed E-state index contributed by atoms with van der Waals surface area (Å²) in [6, 6.07) is 5.70. The summed E-state index contributed by atoms with van der Waals surface area (Å²) in [7, 11) is 0. The smallest absolute Gasteiger partial charge is 0.310 e. The molecule has 0 saturated carbocycles. The van der Waals surface area contributed by atoms with Gasteiger partial charge in [-0.25, -0.2) is 4.98 Å². The number of ether oxygens (including phenoxy) is 1. The second-order valence-corrected chi connectivity index (χ2v) is 9.91. The van der Waals surface area contributed by atoms with E-state index in [-0.39, 0.29) is 57.6 Å². The summed E-state index contributed by atoms with van der Waals surface area (Å²) in [5, 5.41) is 5.54. The second kappa shape index (κ2) is 10.2. The van der Waals surface area contributed by atoms with Crippen LogP contribution in [-0.2, 0) is 35.5 Å². The van der Waals surface area contributed by atoms with Crippen molar-refractivity contribution < 1.29 is 14.3 Å². The van der Waals surface area contributed by atoms with Crippen molar-refractivity contribution >= 4 is 49.8 Å². The van der Waals surface area contributed by atoms with Gasteiger partial charge in [0.15, 0.2) is 5.00 Å². The Morgan fingerprint density at radius 2 is 2.03 bits per heavy atom. The lowest BCUT2D eigenvalue weighted by Gasteiger charge is -2.32. The van der Waals surface area contributed by atoms with Gasteiger partial charge in [-0.15, -0.1) is 4.91 Å². The molecule has 2 aromatic heterocycles. The monoisotopic (exact) mass is 550 g/mol.